The van der Waals surface area contributed by atoms with E-state index >= 15 is 0 Å². The quantitative estimate of drug-likeness (QED) is 0.543. The summed E-state index contributed by atoms with van der Waals surface area (Å²) in [5.74, 6) is 0.469. The topological polar surface area (TPSA) is 116 Å². The Morgan fingerprint density at radius 3 is 2.94 bits per heavy atom. The summed E-state index contributed by atoms with van der Waals surface area (Å²) in [4.78, 5) is 24.5. The van der Waals surface area contributed by atoms with Crippen molar-refractivity contribution in [3.8, 4) is 0 Å². The monoisotopic (exact) mass is 225 g/mol. The Bertz CT molecular complexity index is 546. The molecule has 2 rings (SSSR count). The SMILES string of the molecule is CCOCc1nc2nc(NO)[nH]c(=O)c2[nH]1. The van der Waals surface area contributed by atoms with Crippen LogP contribution in [0, 0.1) is 0 Å². The molecule has 0 atom stereocenters. The minimum absolute atomic E-state index is 0.0491. The van der Waals surface area contributed by atoms with Crippen molar-refractivity contribution in [2.75, 3.05) is 12.1 Å². The first-order valence-corrected chi connectivity index (χ1v) is 4.71. The molecule has 16 heavy (non-hydrogen) atoms. The fraction of sp³-hybridized carbons (Fsp3) is 0.375. The van der Waals surface area contributed by atoms with Crippen LogP contribution in [0.15, 0.2) is 4.79 Å². The zero-order valence-corrected chi connectivity index (χ0v) is 8.57. The summed E-state index contributed by atoms with van der Waals surface area (Å²) in [6.07, 6.45) is 0. The maximum absolute atomic E-state index is 11.5. The predicted octanol–water partition coefficient (Wildman–Crippen LogP) is -0.0162. The van der Waals surface area contributed by atoms with Crippen molar-refractivity contribution in [2.24, 2.45) is 0 Å². The Labute approximate surface area is 89.6 Å². The second-order valence-electron chi connectivity index (χ2n) is 3.05. The van der Waals surface area contributed by atoms with E-state index in [9.17, 15) is 4.79 Å². The molecule has 0 fully saturated rings. The van der Waals surface area contributed by atoms with Gasteiger partial charge in [-0.1, -0.05) is 0 Å². The number of H-pyrrole nitrogens is 2. The normalized spacial score (nSPS) is 10.9. The van der Waals surface area contributed by atoms with Crippen LogP contribution in [-0.2, 0) is 11.3 Å². The molecule has 0 aliphatic rings. The average molecular weight is 225 g/mol. The van der Waals surface area contributed by atoms with Gasteiger partial charge in [0, 0.05) is 6.61 Å². The fourth-order valence-electron chi connectivity index (χ4n) is 1.28. The van der Waals surface area contributed by atoms with E-state index in [1.807, 2.05) is 6.92 Å². The van der Waals surface area contributed by atoms with Crippen LogP contribution in [0.3, 0.4) is 0 Å². The summed E-state index contributed by atoms with van der Waals surface area (Å²) in [5.41, 5.74) is 1.84. The second-order valence-corrected chi connectivity index (χ2v) is 3.05. The number of ether oxygens (including phenoxy) is 1. The Kier molecular flexibility index (Phi) is 2.84. The van der Waals surface area contributed by atoms with Crippen LogP contribution in [0.4, 0.5) is 5.95 Å². The number of rotatable bonds is 4. The first-order valence-electron chi connectivity index (χ1n) is 4.71. The van der Waals surface area contributed by atoms with Crippen molar-refractivity contribution in [1.29, 1.82) is 0 Å². The smallest absolute Gasteiger partial charge is 0.278 e. The predicted molar refractivity (Wildman–Crippen MR) is 55.2 cm³/mol. The van der Waals surface area contributed by atoms with Crippen LogP contribution in [0.1, 0.15) is 12.7 Å². The first kappa shape index (κ1) is 10.6. The summed E-state index contributed by atoms with van der Waals surface area (Å²) < 4.78 is 5.15. The van der Waals surface area contributed by atoms with Gasteiger partial charge in [0.1, 0.15) is 12.4 Å². The van der Waals surface area contributed by atoms with Gasteiger partial charge in [-0.2, -0.15) is 4.98 Å². The molecule has 0 amide bonds. The van der Waals surface area contributed by atoms with Crippen molar-refractivity contribution in [1.82, 2.24) is 19.9 Å². The number of hydrogen-bond donors (Lipinski definition) is 4. The lowest BCUT2D eigenvalue weighted by molar-refractivity contribution is 0.129. The van der Waals surface area contributed by atoms with E-state index in [0.717, 1.165) is 0 Å². The Morgan fingerprint density at radius 2 is 2.25 bits per heavy atom. The van der Waals surface area contributed by atoms with E-state index in [4.69, 9.17) is 9.94 Å². The number of anilines is 1. The highest BCUT2D eigenvalue weighted by atomic mass is 16.5. The first-order chi connectivity index (χ1) is 7.74. The highest BCUT2D eigenvalue weighted by Gasteiger charge is 2.09. The summed E-state index contributed by atoms with van der Waals surface area (Å²) >= 11 is 0. The molecule has 86 valence electrons. The van der Waals surface area contributed by atoms with Gasteiger partial charge < -0.3 is 9.72 Å². The molecule has 0 aliphatic carbocycles. The fourth-order valence-corrected chi connectivity index (χ4v) is 1.28. The Balaban J connectivity index is 2.44. The molecule has 0 aliphatic heterocycles. The van der Waals surface area contributed by atoms with Gasteiger partial charge in [0.15, 0.2) is 11.2 Å². The van der Waals surface area contributed by atoms with E-state index in [1.165, 1.54) is 0 Å². The largest absolute Gasteiger partial charge is 0.374 e. The molecule has 0 spiro atoms. The molecule has 0 unspecified atom stereocenters. The van der Waals surface area contributed by atoms with Gasteiger partial charge in [-0.05, 0) is 6.92 Å². The molecule has 4 N–H and O–H groups in total. The summed E-state index contributed by atoms with van der Waals surface area (Å²) in [6.45, 7) is 2.71. The van der Waals surface area contributed by atoms with Crippen LogP contribution in [0.5, 0.6) is 0 Å². The summed E-state index contributed by atoms with van der Waals surface area (Å²) in [6, 6.07) is 0. The molecule has 0 saturated carbocycles. The number of fused-ring (bicyclic) bond motifs is 1. The van der Waals surface area contributed by atoms with Gasteiger partial charge in [-0.3, -0.25) is 15.0 Å². The van der Waals surface area contributed by atoms with Gasteiger partial charge in [0.05, 0.1) is 0 Å². The summed E-state index contributed by atoms with van der Waals surface area (Å²) in [7, 11) is 0. The van der Waals surface area contributed by atoms with Gasteiger partial charge >= 0.3 is 0 Å². The standard InChI is InChI=1S/C8H11N5O3/c1-2-16-3-4-9-5-6(10-4)11-8(13-15)12-7(5)14/h15H,2-3H2,1H3,(H3,9,10,11,12,13,14). The molecule has 0 saturated heterocycles. The average Bonchev–Trinajstić information content (AvgIpc) is 2.69. The van der Waals surface area contributed by atoms with E-state index in [2.05, 4.69) is 19.9 Å². The van der Waals surface area contributed by atoms with Crippen molar-refractivity contribution in [3.63, 3.8) is 0 Å². The minimum Gasteiger partial charge on any atom is -0.374 e. The molecule has 2 aromatic heterocycles. The molecule has 2 aromatic rings. The highest BCUT2D eigenvalue weighted by molar-refractivity contribution is 5.70. The van der Waals surface area contributed by atoms with E-state index in [0.29, 0.717) is 12.4 Å². The van der Waals surface area contributed by atoms with Crippen molar-refractivity contribution in [3.05, 3.63) is 16.2 Å². The van der Waals surface area contributed by atoms with Gasteiger partial charge in [0.2, 0.25) is 5.95 Å². The lowest BCUT2D eigenvalue weighted by Gasteiger charge is -1.94. The Hall–Kier alpha value is -1.93. The third kappa shape index (κ3) is 1.88. The second kappa shape index (κ2) is 4.29. The molecule has 0 bridgehead atoms. The van der Waals surface area contributed by atoms with Crippen LogP contribution in [-0.4, -0.2) is 31.8 Å². The number of aromatic nitrogens is 4. The lowest BCUT2D eigenvalue weighted by Crippen LogP contribution is -2.11. The zero-order valence-electron chi connectivity index (χ0n) is 8.57. The van der Waals surface area contributed by atoms with Crippen LogP contribution >= 0.6 is 0 Å². The minimum atomic E-state index is -0.406. The number of imidazole rings is 1. The Morgan fingerprint density at radius 1 is 1.44 bits per heavy atom. The molecule has 0 aromatic carbocycles. The lowest BCUT2D eigenvalue weighted by atomic mass is 10.5. The maximum atomic E-state index is 11.5. The third-order valence-electron chi connectivity index (χ3n) is 1.96. The number of nitrogens with one attached hydrogen (secondary N) is 3. The van der Waals surface area contributed by atoms with Gasteiger partial charge in [-0.15, -0.1) is 0 Å². The number of aromatic amines is 2. The van der Waals surface area contributed by atoms with Crippen molar-refractivity contribution >= 4 is 17.1 Å². The van der Waals surface area contributed by atoms with Gasteiger partial charge in [-0.25, -0.2) is 10.5 Å². The zero-order chi connectivity index (χ0) is 11.5. The highest BCUT2D eigenvalue weighted by Crippen LogP contribution is 2.06. The molecule has 0 radical (unpaired) electrons. The van der Waals surface area contributed by atoms with Crippen molar-refractivity contribution < 1.29 is 9.94 Å². The maximum Gasteiger partial charge on any atom is 0.278 e. The molecule has 2 heterocycles. The molecular weight excluding hydrogens is 214 g/mol. The van der Waals surface area contributed by atoms with Crippen LogP contribution in [0.2, 0.25) is 0 Å². The molecule has 8 heteroatoms. The third-order valence-corrected chi connectivity index (χ3v) is 1.96. The van der Waals surface area contributed by atoms with E-state index < -0.39 is 5.56 Å². The number of hydrogen-bond acceptors (Lipinski definition) is 6. The van der Waals surface area contributed by atoms with E-state index in [1.54, 1.807) is 5.48 Å². The van der Waals surface area contributed by atoms with E-state index in [-0.39, 0.29) is 23.7 Å². The van der Waals surface area contributed by atoms with Crippen LogP contribution in [0.25, 0.3) is 11.2 Å². The number of nitrogens with zero attached hydrogens (tertiary/aromatic N) is 2. The summed E-state index contributed by atoms with van der Waals surface area (Å²) in [5, 5.41) is 8.62. The molecule has 8 nitrogen and oxygen atoms in total. The van der Waals surface area contributed by atoms with Gasteiger partial charge in [0.25, 0.3) is 5.56 Å². The van der Waals surface area contributed by atoms with Crippen molar-refractivity contribution in [2.45, 2.75) is 13.5 Å². The van der Waals surface area contributed by atoms with Crippen LogP contribution < -0.4 is 11.0 Å². The molecular formula is C8H11N5O3.